The molecule has 0 unspecified atom stereocenters. The summed E-state index contributed by atoms with van der Waals surface area (Å²) in [6, 6.07) is 0. The first-order valence-electron chi connectivity index (χ1n) is 4.81. The highest BCUT2D eigenvalue weighted by atomic mass is 16.5. The van der Waals surface area contributed by atoms with Crippen molar-refractivity contribution in [3.63, 3.8) is 0 Å². The summed E-state index contributed by atoms with van der Waals surface area (Å²) >= 11 is 0. The van der Waals surface area contributed by atoms with Gasteiger partial charge in [-0.1, -0.05) is 0 Å². The zero-order valence-electron chi connectivity index (χ0n) is 9.35. The Kier molecular flexibility index (Phi) is 3.17. The van der Waals surface area contributed by atoms with Gasteiger partial charge in [-0.15, -0.1) is 0 Å². The molecule has 14 heavy (non-hydrogen) atoms. The number of carbonyl (C=O) groups is 1. The smallest absolute Gasteiger partial charge is 0.317 e. The van der Waals surface area contributed by atoms with E-state index in [1.807, 2.05) is 0 Å². The summed E-state index contributed by atoms with van der Waals surface area (Å²) in [5, 5.41) is 3.30. The van der Waals surface area contributed by atoms with Crippen LogP contribution in [0.1, 0.15) is 20.8 Å². The van der Waals surface area contributed by atoms with Gasteiger partial charge in [-0.05, 0) is 20.8 Å². The van der Waals surface area contributed by atoms with Crippen LogP contribution in [0.25, 0.3) is 0 Å². The van der Waals surface area contributed by atoms with Crippen molar-refractivity contribution >= 4 is 5.97 Å². The van der Waals surface area contributed by atoms with Gasteiger partial charge in [0.05, 0.1) is 20.3 Å². The van der Waals surface area contributed by atoms with Crippen LogP contribution in [-0.2, 0) is 14.3 Å². The van der Waals surface area contributed by atoms with Crippen molar-refractivity contribution in [2.45, 2.75) is 26.3 Å². The van der Waals surface area contributed by atoms with Crippen LogP contribution in [0, 0.1) is 5.41 Å². The molecule has 1 N–H and O–H groups in total. The molecular weight excluding hydrogens is 182 g/mol. The Balaban J connectivity index is 2.50. The first-order chi connectivity index (χ1) is 6.40. The third kappa shape index (κ3) is 2.45. The van der Waals surface area contributed by atoms with E-state index in [-0.39, 0.29) is 11.5 Å². The van der Waals surface area contributed by atoms with Crippen LogP contribution in [0.3, 0.4) is 0 Å². The molecular formula is C10H19NO3. The quantitative estimate of drug-likeness (QED) is 0.678. The Hall–Kier alpha value is -0.610. The molecule has 0 aromatic carbocycles. The lowest BCUT2D eigenvalue weighted by molar-refractivity contribution is -0.182. The third-order valence-corrected chi connectivity index (χ3v) is 2.33. The Morgan fingerprint density at radius 2 is 2.07 bits per heavy atom. The second-order valence-corrected chi connectivity index (χ2v) is 4.87. The lowest BCUT2D eigenvalue weighted by Gasteiger charge is -2.40. The molecule has 0 spiro atoms. The predicted octanol–water partition coefficient (Wildman–Crippen LogP) is 0.564. The van der Waals surface area contributed by atoms with Gasteiger partial charge in [0, 0.05) is 12.1 Å². The minimum absolute atomic E-state index is 0.0105. The lowest BCUT2D eigenvalue weighted by atomic mass is 9.85. The molecule has 1 heterocycles. The summed E-state index contributed by atoms with van der Waals surface area (Å²) in [6.07, 6.45) is 0. The molecule has 4 nitrogen and oxygen atoms in total. The van der Waals surface area contributed by atoms with E-state index in [2.05, 4.69) is 26.1 Å². The normalized spacial score (nSPS) is 20.0. The van der Waals surface area contributed by atoms with Gasteiger partial charge in [-0.25, -0.2) is 0 Å². The van der Waals surface area contributed by atoms with E-state index in [9.17, 15) is 4.79 Å². The minimum atomic E-state index is -0.456. The molecule has 0 saturated carbocycles. The van der Waals surface area contributed by atoms with Gasteiger partial charge < -0.3 is 14.8 Å². The Morgan fingerprint density at radius 3 is 2.36 bits per heavy atom. The molecule has 0 amide bonds. The number of methoxy groups -OCH3 is 1. The number of nitrogens with one attached hydrogen (secondary N) is 1. The molecule has 1 fully saturated rings. The standard InChI is InChI=1S/C10H19NO3/c1-9(2,3)11-5-10(6-14-7-10)8(12)13-4/h11H,5-7H2,1-4H3. The van der Waals surface area contributed by atoms with Crippen LogP contribution in [0.2, 0.25) is 0 Å². The van der Waals surface area contributed by atoms with Crippen molar-refractivity contribution in [3.05, 3.63) is 0 Å². The number of esters is 1. The van der Waals surface area contributed by atoms with Crippen LogP contribution in [-0.4, -0.2) is 38.4 Å². The number of ether oxygens (including phenoxy) is 2. The van der Waals surface area contributed by atoms with Crippen molar-refractivity contribution in [2.75, 3.05) is 26.9 Å². The van der Waals surface area contributed by atoms with Gasteiger partial charge in [0.2, 0.25) is 0 Å². The van der Waals surface area contributed by atoms with Gasteiger partial charge in [-0.2, -0.15) is 0 Å². The number of hydrogen-bond acceptors (Lipinski definition) is 4. The second-order valence-electron chi connectivity index (χ2n) is 4.87. The van der Waals surface area contributed by atoms with E-state index in [1.54, 1.807) is 0 Å². The van der Waals surface area contributed by atoms with Gasteiger partial charge in [-0.3, -0.25) is 4.79 Å². The largest absolute Gasteiger partial charge is 0.468 e. The molecule has 1 aliphatic heterocycles. The molecule has 0 aromatic rings. The lowest BCUT2D eigenvalue weighted by Crippen LogP contribution is -2.58. The maximum atomic E-state index is 11.5. The van der Waals surface area contributed by atoms with Crippen molar-refractivity contribution in [1.29, 1.82) is 0 Å². The molecule has 0 atom stereocenters. The molecule has 1 rings (SSSR count). The molecule has 0 aromatic heterocycles. The zero-order chi connectivity index (χ0) is 10.8. The maximum absolute atomic E-state index is 11.5. The fourth-order valence-corrected chi connectivity index (χ4v) is 1.29. The second kappa shape index (κ2) is 3.87. The summed E-state index contributed by atoms with van der Waals surface area (Å²) in [5.74, 6) is -0.180. The van der Waals surface area contributed by atoms with Gasteiger partial charge in [0.15, 0.2) is 0 Å². The van der Waals surface area contributed by atoms with E-state index in [1.165, 1.54) is 7.11 Å². The number of rotatable bonds is 3. The number of carbonyl (C=O) groups excluding carboxylic acids is 1. The molecule has 0 bridgehead atoms. The first-order valence-corrected chi connectivity index (χ1v) is 4.81. The van der Waals surface area contributed by atoms with Gasteiger partial charge in [0.1, 0.15) is 5.41 Å². The highest BCUT2D eigenvalue weighted by Gasteiger charge is 2.47. The highest BCUT2D eigenvalue weighted by molar-refractivity contribution is 5.78. The van der Waals surface area contributed by atoms with Crippen LogP contribution < -0.4 is 5.32 Å². The number of hydrogen-bond donors (Lipinski definition) is 1. The van der Waals surface area contributed by atoms with Crippen LogP contribution >= 0.6 is 0 Å². The summed E-state index contributed by atoms with van der Waals surface area (Å²) < 4.78 is 9.85. The molecule has 82 valence electrons. The fourth-order valence-electron chi connectivity index (χ4n) is 1.29. The Morgan fingerprint density at radius 1 is 1.50 bits per heavy atom. The van der Waals surface area contributed by atoms with E-state index in [4.69, 9.17) is 9.47 Å². The molecule has 4 heteroatoms. The SMILES string of the molecule is COC(=O)C1(CNC(C)(C)C)COC1. The summed E-state index contributed by atoms with van der Waals surface area (Å²) in [5.41, 5.74) is -0.446. The van der Waals surface area contributed by atoms with E-state index >= 15 is 0 Å². The van der Waals surface area contributed by atoms with Gasteiger partial charge in [0.25, 0.3) is 0 Å². The van der Waals surface area contributed by atoms with Gasteiger partial charge >= 0.3 is 5.97 Å². The van der Waals surface area contributed by atoms with E-state index in [0.29, 0.717) is 19.8 Å². The summed E-state index contributed by atoms with van der Waals surface area (Å²) in [6.45, 7) is 7.74. The fraction of sp³-hybridized carbons (Fsp3) is 0.900. The van der Waals surface area contributed by atoms with Crippen molar-refractivity contribution in [1.82, 2.24) is 5.32 Å². The zero-order valence-corrected chi connectivity index (χ0v) is 9.35. The Bertz CT molecular complexity index is 216. The average molecular weight is 201 g/mol. The van der Waals surface area contributed by atoms with Crippen LogP contribution in [0.5, 0.6) is 0 Å². The van der Waals surface area contributed by atoms with E-state index in [0.717, 1.165) is 0 Å². The monoisotopic (exact) mass is 201 g/mol. The van der Waals surface area contributed by atoms with Crippen molar-refractivity contribution in [2.24, 2.45) is 5.41 Å². The maximum Gasteiger partial charge on any atom is 0.317 e. The first kappa shape index (κ1) is 11.5. The summed E-state index contributed by atoms with van der Waals surface area (Å²) in [4.78, 5) is 11.5. The van der Waals surface area contributed by atoms with E-state index < -0.39 is 5.41 Å². The van der Waals surface area contributed by atoms with Crippen LogP contribution in [0.4, 0.5) is 0 Å². The summed E-state index contributed by atoms with van der Waals surface area (Å²) in [7, 11) is 1.42. The predicted molar refractivity (Wildman–Crippen MR) is 53.0 cm³/mol. The average Bonchev–Trinajstić information content (AvgIpc) is 1.99. The third-order valence-electron chi connectivity index (χ3n) is 2.33. The molecule has 0 aliphatic carbocycles. The topological polar surface area (TPSA) is 47.6 Å². The van der Waals surface area contributed by atoms with Crippen molar-refractivity contribution < 1.29 is 14.3 Å². The molecule has 0 radical (unpaired) electrons. The van der Waals surface area contributed by atoms with Crippen LogP contribution in [0.15, 0.2) is 0 Å². The molecule has 1 aliphatic rings. The highest BCUT2D eigenvalue weighted by Crippen LogP contribution is 2.28. The van der Waals surface area contributed by atoms with Crippen molar-refractivity contribution in [3.8, 4) is 0 Å². The minimum Gasteiger partial charge on any atom is -0.468 e. The molecule has 1 saturated heterocycles. The Labute approximate surface area is 85.0 Å².